The largest absolute Gasteiger partial charge is 0.456 e. The first-order chi connectivity index (χ1) is 17.3. The summed E-state index contributed by atoms with van der Waals surface area (Å²) in [5, 5.41) is 10.1. The number of hydrogen-bond acceptors (Lipinski definition) is 1. The zero-order valence-electron chi connectivity index (χ0n) is 19.0. The summed E-state index contributed by atoms with van der Waals surface area (Å²) in [7, 11) is 0. The molecule has 0 aliphatic carbocycles. The SMILES string of the molecule is c1ccc2c(c1)Oc1cccc3cc(-c4c5ccccc5cc5c4ccc4ccccc45)cc-2c13. The van der Waals surface area contributed by atoms with Crippen LogP contribution in [0.2, 0.25) is 0 Å². The summed E-state index contributed by atoms with van der Waals surface area (Å²) in [6.45, 7) is 0. The Bertz CT molecular complexity index is 1980. The van der Waals surface area contributed by atoms with Crippen LogP contribution in [0, 0.1) is 0 Å². The van der Waals surface area contributed by atoms with Crippen molar-refractivity contribution in [2.24, 2.45) is 0 Å². The first kappa shape index (κ1) is 18.8. The third kappa shape index (κ3) is 2.64. The summed E-state index contributed by atoms with van der Waals surface area (Å²) in [5.74, 6) is 1.84. The van der Waals surface area contributed by atoms with Gasteiger partial charge in [-0.15, -0.1) is 0 Å². The molecule has 35 heavy (non-hydrogen) atoms. The molecule has 0 saturated heterocycles. The van der Waals surface area contributed by atoms with Crippen LogP contribution in [0.3, 0.4) is 0 Å². The molecule has 1 nitrogen and oxygen atoms in total. The zero-order chi connectivity index (χ0) is 22.9. The molecule has 8 rings (SSSR count). The third-order valence-electron chi connectivity index (χ3n) is 7.39. The van der Waals surface area contributed by atoms with Gasteiger partial charge in [-0.05, 0) is 84.7 Å². The standard InChI is InChI=1S/C34H20O/c1-3-11-25-21(8-1)16-17-28-29(25)19-22-9-2-4-12-26(22)33(28)24-18-23-10-7-15-32-34(23)30(20-24)27-13-5-6-14-31(27)35-32/h1-20H. The zero-order valence-corrected chi connectivity index (χ0v) is 19.0. The van der Waals surface area contributed by atoms with E-state index >= 15 is 0 Å². The van der Waals surface area contributed by atoms with Gasteiger partial charge in [0, 0.05) is 10.9 Å². The lowest BCUT2D eigenvalue weighted by molar-refractivity contribution is 0.487. The highest BCUT2D eigenvalue weighted by Gasteiger charge is 2.22. The molecule has 7 aromatic carbocycles. The molecule has 0 unspecified atom stereocenters. The molecule has 0 amide bonds. The second-order valence-electron chi connectivity index (χ2n) is 9.33. The lowest BCUT2D eigenvalue weighted by Crippen LogP contribution is -1.97. The summed E-state index contributed by atoms with van der Waals surface area (Å²) in [6.07, 6.45) is 0. The molecule has 162 valence electrons. The first-order valence-electron chi connectivity index (χ1n) is 12.0. The van der Waals surface area contributed by atoms with E-state index in [9.17, 15) is 0 Å². The minimum Gasteiger partial charge on any atom is -0.456 e. The van der Waals surface area contributed by atoms with Crippen molar-refractivity contribution in [1.29, 1.82) is 0 Å². The van der Waals surface area contributed by atoms with Crippen molar-refractivity contribution in [3.8, 4) is 33.8 Å². The Balaban J connectivity index is 1.55. The highest BCUT2D eigenvalue weighted by molar-refractivity contribution is 6.21. The Morgan fingerprint density at radius 2 is 1.14 bits per heavy atom. The van der Waals surface area contributed by atoms with Crippen molar-refractivity contribution in [1.82, 2.24) is 0 Å². The molecule has 1 heterocycles. The second kappa shape index (κ2) is 6.94. The van der Waals surface area contributed by atoms with E-state index in [0.29, 0.717) is 0 Å². The average Bonchev–Trinajstić information content (AvgIpc) is 2.91. The van der Waals surface area contributed by atoms with E-state index < -0.39 is 0 Å². The van der Waals surface area contributed by atoms with Gasteiger partial charge in [-0.3, -0.25) is 0 Å². The van der Waals surface area contributed by atoms with Gasteiger partial charge in [0.2, 0.25) is 0 Å². The molecular formula is C34H20O. The summed E-state index contributed by atoms with van der Waals surface area (Å²) in [4.78, 5) is 0. The van der Waals surface area contributed by atoms with Gasteiger partial charge in [0.05, 0.1) is 0 Å². The van der Waals surface area contributed by atoms with Crippen molar-refractivity contribution in [2.45, 2.75) is 0 Å². The lowest BCUT2D eigenvalue weighted by atomic mass is 9.86. The Kier molecular flexibility index (Phi) is 3.72. The molecule has 0 spiro atoms. The topological polar surface area (TPSA) is 9.23 Å². The monoisotopic (exact) mass is 444 g/mol. The van der Waals surface area contributed by atoms with Gasteiger partial charge in [0.1, 0.15) is 11.5 Å². The summed E-state index contributed by atoms with van der Waals surface area (Å²) >= 11 is 0. The number of benzene rings is 7. The number of para-hydroxylation sites is 1. The second-order valence-corrected chi connectivity index (χ2v) is 9.33. The number of hydrogen-bond donors (Lipinski definition) is 0. The van der Waals surface area contributed by atoms with E-state index in [1.165, 1.54) is 59.8 Å². The molecule has 1 aliphatic heterocycles. The fourth-order valence-electron chi connectivity index (χ4n) is 5.86. The van der Waals surface area contributed by atoms with Crippen molar-refractivity contribution < 1.29 is 4.74 Å². The van der Waals surface area contributed by atoms with Crippen molar-refractivity contribution in [3.05, 3.63) is 121 Å². The van der Waals surface area contributed by atoms with Crippen LogP contribution in [0.4, 0.5) is 0 Å². The fraction of sp³-hybridized carbons (Fsp3) is 0. The van der Waals surface area contributed by atoms with Crippen LogP contribution in [-0.4, -0.2) is 0 Å². The van der Waals surface area contributed by atoms with Gasteiger partial charge in [0.15, 0.2) is 0 Å². The van der Waals surface area contributed by atoms with Gasteiger partial charge in [-0.1, -0.05) is 91.0 Å². The molecule has 0 fully saturated rings. The number of fused-ring (bicyclic) bond motifs is 6. The van der Waals surface area contributed by atoms with E-state index in [-0.39, 0.29) is 0 Å². The van der Waals surface area contributed by atoms with E-state index in [0.717, 1.165) is 17.1 Å². The summed E-state index contributed by atoms with van der Waals surface area (Å²) in [6, 6.07) is 43.7. The van der Waals surface area contributed by atoms with Crippen LogP contribution in [0.25, 0.3) is 65.3 Å². The quantitative estimate of drug-likeness (QED) is 0.181. The van der Waals surface area contributed by atoms with E-state index in [4.69, 9.17) is 4.74 Å². The van der Waals surface area contributed by atoms with Crippen molar-refractivity contribution in [3.63, 3.8) is 0 Å². The fourth-order valence-corrected chi connectivity index (χ4v) is 5.86. The highest BCUT2D eigenvalue weighted by atomic mass is 16.5. The van der Waals surface area contributed by atoms with E-state index in [1.54, 1.807) is 0 Å². The van der Waals surface area contributed by atoms with Crippen LogP contribution in [0.1, 0.15) is 0 Å². The molecule has 0 atom stereocenters. The normalized spacial score (nSPS) is 12.2. The first-order valence-corrected chi connectivity index (χ1v) is 12.0. The average molecular weight is 445 g/mol. The number of ether oxygens (including phenoxy) is 1. The Hall–Kier alpha value is -4.62. The summed E-state index contributed by atoms with van der Waals surface area (Å²) < 4.78 is 6.28. The smallest absolute Gasteiger partial charge is 0.135 e. The predicted octanol–water partition coefficient (Wildman–Crippen LogP) is 9.74. The highest BCUT2D eigenvalue weighted by Crippen LogP contribution is 2.49. The van der Waals surface area contributed by atoms with Crippen LogP contribution in [0.15, 0.2) is 121 Å². The minimum absolute atomic E-state index is 0.915. The molecule has 1 aliphatic rings. The van der Waals surface area contributed by atoms with E-state index in [1.807, 2.05) is 6.07 Å². The summed E-state index contributed by atoms with van der Waals surface area (Å²) in [5.41, 5.74) is 4.90. The Labute approximate surface area is 202 Å². The molecule has 7 aromatic rings. The predicted molar refractivity (Wildman–Crippen MR) is 147 cm³/mol. The molecule has 0 bridgehead atoms. The molecule has 0 saturated carbocycles. The van der Waals surface area contributed by atoms with Gasteiger partial charge in [-0.2, -0.15) is 0 Å². The molecular weight excluding hydrogens is 424 g/mol. The van der Waals surface area contributed by atoms with Crippen molar-refractivity contribution >= 4 is 43.1 Å². The molecule has 0 radical (unpaired) electrons. The Morgan fingerprint density at radius 1 is 0.400 bits per heavy atom. The van der Waals surface area contributed by atoms with Crippen LogP contribution in [-0.2, 0) is 0 Å². The number of rotatable bonds is 1. The third-order valence-corrected chi connectivity index (χ3v) is 7.39. The van der Waals surface area contributed by atoms with Crippen LogP contribution >= 0.6 is 0 Å². The Morgan fingerprint density at radius 3 is 2.09 bits per heavy atom. The van der Waals surface area contributed by atoms with Crippen LogP contribution in [0.5, 0.6) is 11.5 Å². The minimum atomic E-state index is 0.915. The molecule has 1 heteroatoms. The van der Waals surface area contributed by atoms with Gasteiger partial charge in [-0.25, -0.2) is 0 Å². The van der Waals surface area contributed by atoms with Gasteiger partial charge in [0.25, 0.3) is 0 Å². The van der Waals surface area contributed by atoms with Crippen molar-refractivity contribution in [2.75, 3.05) is 0 Å². The van der Waals surface area contributed by atoms with E-state index in [2.05, 4.69) is 115 Å². The van der Waals surface area contributed by atoms with Gasteiger partial charge < -0.3 is 4.74 Å². The molecule has 0 N–H and O–H groups in total. The molecule has 0 aromatic heterocycles. The maximum absolute atomic E-state index is 6.28. The van der Waals surface area contributed by atoms with Gasteiger partial charge >= 0.3 is 0 Å². The maximum Gasteiger partial charge on any atom is 0.135 e. The lowest BCUT2D eigenvalue weighted by Gasteiger charge is -2.23. The van der Waals surface area contributed by atoms with Crippen LogP contribution < -0.4 is 4.74 Å². The maximum atomic E-state index is 6.28.